The first-order valence-electron chi connectivity index (χ1n) is 16.0. The number of benzene rings is 2. The average molecular weight is 663 g/mol. The van der Waals surface area contributed by atoms with E-state index in [1.807, 2.05) is 57.5 Å². The molecule has 0 bridgehead atoms. The molecule has 12 heteroatoms. The van der Waals surface area contributed by atoms with Crippen LogP contribution in [0.5, 0.6) is 0 Å². The minimum absolute atomic E-state index is 0.172. The molecule has 0 radical (unpaired) electrons. The van der Waals surface area contributed by atoms with E-state index in [1.54, 1.807) is 40.5 Å². The highest BCUT2D eigenvalue weighted by molar-refractivity contribution is 7.13. The number of anilines is 1. The van der Waals surface area contributed by atoms with Gasteiger partial charge in [-0.2, -0.15) is 0 Å². The lowest BCUT2D eigenvalue weighted by Gasteiger charge is -2.35. The molecule has 5 N–H and O–H groups in total. The van der Waals surface area contributed by atoms with Crippen molar-refractivity contribution in [2.45, 2.75) is 72.0 Å². The summed E-state index contributed by atoms with van der Waals surface area (Å²) in [6.45, 7) is 9.07. The smallest absolute Gasteiger partial charge is 0.251 e. The van der Waals surface area contributed by atoms with Crippen LogP contribution >= 0.6 is 11.3 Å². The average Bonchev–Trinajstić information content (AvgIpc) is 3.71. The van der Waals surface area contributed by atoms with Gasteiger partial charge in [-0.1, -0.05) is 45.0 Å². The molecule has 0 aliphatic carbocycles. The van der Waals surface area contributed by atoms with Gasteiger partial charge < -0.3 is 31.3 Å². The van der Waals surface area contributed by atoms with E-state index in [2.05, 4.69) is 20.9 Å². The number of unbranched alkanes of at least 4 members (excludes halogenated alkanes) is 1. The molecule has 3 aromatic rings. The van der Waals surface area contributed by atoms with Crippen LogP contribution in [0.4, 0.5) is 5.69 Å². The highest BCUT2D eigenvalue weighted by Crippen LogP contribution is 2.28. The molecule has 1 fully saturated rings. The lowest BCUT2D eigenvalue weighted by molar-refractivity contribution is -0.144. The van der Waals surface area contributed by atoms with E-state index in [-0.39, 0.29) is 24.3 Å². The van der Waals surface area contributed by atoms with Crippen LogP contribution in [0.2, 0.25) is 0 Å². The predicted octanol–water partition coefficient (Wildman–Crippen LogP) is 4.07. The molecular formula is C35H46N6O5S. The molecule has 47 heavy (non-hydrogen) atoms. The molecule has 4 rings (SSSR count). The Bertz CT molecular complexity index is 1520. The van der Waals surface area contributed by atoms with Crippen LogP contribution in [0.25, 0.3) is 10.4 Å². The Morgan fingerprint density at radius 2 is 1.77 bits per heavy atom. The lowest BCUT2D eigenvalue weighted by Crippen LogP contribution is -2.58. The van der Waals surface area contributed by atoms with Crippen LogP contribution in [0.15, 0.2) is 54.0 Å². The Labute approximate surface area is 280 Å². The fraction of sp³-hybridized carbons (Fsp3) is 0.457. The number of aromatic nitrogens is 1. The zero-order valence-electron chi connectivity index (χ0n) is 27.6. The number of rotatable bonds is 14. The normalized spacial score (nSPS) is 15.2. The third kappa shape index (κ3) is 10.1. The van der Waals surface area contributed by atoms with E-state index in [9.17, 15) is 19.2 Å². The molecule has 252 valence electrons. The van der Waals surface area contributed by atoms with Crippen molar-refractivity contribution in [3.8, 4) is 10.4 Å². The largest absolute Gasteiger partial charge is 0.399 e. The summed E-state index contributed by atoms with van der Waals surface area (Å²) in [5, 5.41) is 8.70. The summed E-state index contributed by atoms with van der Waals surface area (Å²) in [6, 6.07) is 13.3. The van der Waals surface area contributed by atoms with Crippen molar-refractivity contribution < 1.29 is 23.9 Å². The van der Waals surface area contributed by atoms with E-state index >= 15 is 0 Å². The second-order valence-electron chi connectivity index (χ2n) is 12.9. The van der Waals surface area contributed by atoms with E-state index in [1.165, 1.54) is 0 Å². The van der Waals surface area contributed by atoms with Gasteiger partial charge in [-0.05, 0) is 73.4 Å². The molecule has 1 saturated heterocycles. The SMILES string of the molecule is Cc1ncsc1-c1ccc(CNC(=O)[C@@H]2CCCN2C(=O)[C@@H](NC(=O)COCCCCNC(=O)c2ccc(N)cc2)C(C)(C)C)cc1. The third-order valence-electron chi connectivity index (χ3n) is 8.09. The van der Waals surface area contributed by atoms with Gasteiger partial charge in [0.05, 0.1) is 16.1 Å². The first-order valence-corrected chi connectivity index (χ1v) is 16.9. The van der Waals surface area contributed by atoms with Gasteiger partial charge in [-0.3, -0.25) is 19.2 Å². The summed E-state index contributed by atoms with van der Waals surface area (Å²) < 4.78 is 5.56. The number of likely N-dealkylation sites (tertiary alicyclic amines) is 1. The van der Waals surface area contributed by atoms with Gasteiger partial charge in [0.1, 0.15) is 18.7 Å². The van der Waals surface area contributed by atoms with Crippen molar-refractivity contribution >= 4 is 40.7 Å². The van der Waals surface area contributed by atoms with Gasteiger partial charge in [-0.15, -0.1) is 11.3 Å². The second-order valence-corrected chi connectivity index (χ2v) is 13.7. The number of amides is 4. The predicted molar refractivity (Wildman–Crippen MR) is 183 cm³/mol. The van der Waals surface area contributed by atoms with Crippen LogP contribution in [-0.4, -0.2) is 71.9 Å². The molecule has 1 aromatic heterocycles. The summed E-state index contributed by atoms with van der Waals surface area (Å²) in [6.07, 6.45) is 2.61. The fourth-order valence-corrected chi connectivity index (χ4v) is 6.22. The Balaban J connectivity index is 1.20. The molecule has 1 aliphatic rings. The van der Waals surface area contributed by atoms with Crippen molar-refractivity contribution in [3.63, 3.8) is 0 Å². The van der Waals surface area contributed by atoms with E-state index in [4.69, 9.17) is 10.5 Å². The van der Waals surface area contributed by atoms with Crippen molar-refractivity contribution in [2.24, 2.45) is 5.41 Å². The third-order valence-corrected chi connectivity index (χ3v) is 9.07. The molecule has 0 spiro atoms. The van der Waals surface area contributed by atoms with Crippen molar-refractivity contribution in [3.05, 3.63) is 70.9 Å². The van der Waals surface area contributed by atoms with Crippen LogP contribution in [0.1, 0.15) is 68.1 Å². The number of nitrogens with zero attached hydrogens (tertiary/aromatic N) is 2. The lowest BCUT2D eigenvalue weighted by atomic mass is 9.85. The summed E-state index contributed by atoms with van der Waals surface area (Å²) in [4.78, 5) is 59.0. The minimum atomic E-state index is -0.821. The zero-order chi connectivity index (χ0) is 34.0. The van der Waals surface area contributed by atoms with Gasteiger partial charge >= 0.3 is 0 Å². The van der Waals surface area contributed by atoms with Gasteiger partial charge in [0.25, 0.3) is 5.91 Å². The molecule has 2 heterocycles. The summed E-state index contributed by atoms with van der Waals surface area (Å²) in [5.74, 6) is -1.05. The molecular weight excluding hydrogens is 616 g/mol. The number of nitrogen functional groups attached to an aromatic ring is 1. The first kappa shape index (κ1) is 35.6. The highest BCUT2D eigenvalue weighted by atomic mass is 32.1. The summed E-state index contributed by atoms with van der Waals surface area (Å²) in [5.41, 5.74) is 11.1. The minimum Gasteiger partial charge on any atom is -0.399 e. The molecule has 2 aromatic carbocycles. The number of nitrogens with one attached hydrogen (secondary N) is 3. The number of hydrogen-bond acceptors (Lipinski definition) is 8. The number of nitrogens with two attached hydrogens (primary N) is 1. The Morgan fingerprint density at radius 3 is 2.43 bits per heavy atom. The van der Waals surface area contributed by atoms with E-state index in [0.29, 0.717) is 63.2 Å². The number of carbonyl (C=O) groups excluding carboxylic acids is 4. The fourth-order valence-electron chi connectivity index (χ4n) is 5.41. The maximum absolute atomic E-state index is 13.8. The van der Waals surface area contributed by atoms with Crippen molar-refractivity contribution in [1.82, 2.24) is 25.8 Å². The monoisotopic (exact) mass is 662 g/mol. The van der Waals surface area contributed by atoms with Gasteiger partial charge in [0.15, 0.2) is 0 Å². The van der Waals surface area contributed by atoms with Crippen molar-refractivity contribution in [1.29, 1.82) is 0 Å². The Hall–Kier alpha value is -4.29. The van der Waals surface area contributed by atoms with Gasteiger partial charge in [-0.25, -0.2) is 4.98 Å². The van der Waals surface area contributed by atoms with E-state index in [0.717, 1.165) is 21.7 Å². The number of ether oxygens (including phenoxy) is 1. The standard InChI is InChI=1S/C35H46N6O5S/c1-23-30(47-22-39-23)25-11-9-24(10-12-25)20-38-33(44)28-8-7-18-41(28)34(45)31(35(2,3)4)40-29(42)21-46-19-6-5-17-37-32(43)26-13-15-27(36)16-14-26/h9-16,22,28,31H,5-8,17-21,36H2,1-4H3,(H,37,43)(H,38,44)(H,40,42)/t28-,31+/m0/s1. The zero-order valence-corrected chi connectivity index (χ0v) is 28.5. The van der Waals surface area contributed by atoms with E-state index < -0.39 is 23.4 Å². The molecule has 2 atom stereocenters. The maximum Gasteiger partial charge on any atom is 0.251 e. The van der Waals surface area contributed by atoms with Crippen LogP contribution in [0.3, 0.4) is 0 Å². The quantitative estimate of drug-likeness (QED) is 0.150. The van der Waals surface area contributed by atoms with Crippen LogP contribution in [-0.2, 0) is 25.7 Å². The number of hydrogen-bond donors (Lipinski definition) is 4. The maximum atomic E-state index is 13.8. The molecule has 11 nitrogen and oxygen atoms in total. The Kier molecular flexibility index (Phi) is 12.5. The molecule has 1 aliphatic heterocycles. The topological polar surface area (TPSA) is 156 Å². The second kappa shape index (κ2) is 16.5. The number of carbonyl (C=O) groups is 4. The number of aryl methyl sites for hydroxylation is 1. The van der Waals surface area contributed by atoms with Crippen molar-refractivity contribution in [2.75, 3.05) is 32.0 Å². The van der Waals surface area contributed by atoms with Crippen LogP contribution < -0.4 is 21.7 Å². The van der Waals surface area contributed by atoms with Crippen LogP contribution in [0, 0.1) is 12.3 Å². The highest BCUT2D eigenvalue weighted by Gasteiger charge is 2.41. The first-order chi connectivity index (χ1) is 22.4. The number of thiazole rings is 1. The van der Waals surface area contributed by atoms with Gasteiger partial charge in [0, 0.05) is 37.5 Å². The molecule has 0 saturated carbocycles. The molecule has 0 unspecified atom stereocenters. The Morgan fingerprint density at radius 1 is 1.04 bits per heavy atom. The summed E-state index contributed by atoms with van der Waals surface area (Å²) >= 11 is 1.60. The van der Waals surface area contributed by atoms with Gasteiger partial charge in [0.2, 0.25) is 17.7 Å². The molecule has 4 amide bonds. The summed E-state index contributed by atoms with van der Waals surface area (Å²) in [7, 11) is 0.